The topological polar surface area (TPSA) is 46.5 Å². The van der Waals surface area contributed by atoms with Crippen LogP contribution in [0, 0.1) is 5.41 Å². The lowest BCUT2D eigenvalue weighted by molar-refractivity contribution is -0.137. The highest BCUT2D eigenvalue weighted by molar-refractivity contribution is 5.68. The molecule has 1 unspecified atom stereocenters. The molecular weight excluding hydrogens is 228 g/mol. The van der Waals surface area contributed by atoms with Gasteiger partial charge < -0.3 is 9.84 Å². The van der Waals surface area contributed by atoms with Gasteiger partial charge in [-0.1, -0.05) is 32.9 Å². The summed E-state index contributed by atoms with van der Waals surface area (Å²) in [6, 6.07) is 7.69. The Morgan fingerprint density at radius 1 is 1.39 bits per heavy atom. The van der Waals surface area contributed by atoms with Crippen molar-refractivity contribution < 1.29 is 14.6 Å². The Morgan fingerprint density at radius 2 is 2.06 bits per heavy atom. The van der Waals surface area contributed by atoms with Crippen LogP contribution in [0.4, 0.5) is 0 Å². The first-order chi connectivity index (χ1) is 8.31. The van der Waals surface area contributed by atoms with Crippen molar-refractivity contribution >= 4 is 5.97 Å². The SMILES string of the molecule is COc1cccc(C(CC(=O)O)CC(C)(C)C)c1. The summed E-state index contributed by atoms with van der Waals surface area (Å²) >= 11 is 0. The second kappa shape index (κ2) is 5.89. The van der Waals surface area contributed by atoms with Gasteiger partial charge in [-0.25, -0.2) is 0 Å². The molecule has 0 aliphatic heterocycles. The average Bonchev–Trinajstić information content (AvgIpc) is 2.26. The van der Waals surface area contributed by atoms with E-state index in [1.54, 1.807) is 7.11 Å². The first-order valence-corrected chi connectivity index (χ1v) is 6.17. The highest BCUT2D eigenvalue weighted by Gasteiger charge is 2.22. The van der Waals surface area contributed by atoms with E-state index in [0.29, 0.717) is 0 Å². The van der Waals surface area contributed by atoms with Crippen LogP contribution in [0.5, 0.6) is 5.75 Å². The molecular formula is C15H22O3. The van der Waals surface area contributed by atoms with E-state index in [4.69, 9.17) is 9.84 Å². The van der Waals surface area contributed by atoms with Gasteiger partial charge in [0, 0.05) is 0 Å². The number of ether oxygens (including phenoxy) is 1. The van der Waals surface area contributed by atoms with E-state index < -0.39 is 5.97 Å². The second-order valence-corrected chi connectivity index (χ2v) is 5.84. The molecule has 3 nitrogen and oxygen atoms in total. The maximum absolute atomic E-state index is 11.0. The van der Waals surface area contributed by atoms with Crippen LogP contribution in [-0.4, -0.2) is 18.2 Å². The van der Waals surface area contributed by atoms with Crippen molar-refractivity contribution in [3.05, 3.63) is 29.8 Å². The molecule has 0 aliphatic rings. The molecule has 1 atom stereocenters. The number of rotatable bonds is 5. The van der Waals surface area contributed by atoms with Gasteiger partial charge in [-0.2, -0.15) is 0 Å². The van der Waals surface area contributed by atoms with Gasteiger partial charge in [0.2, 0.25) is 0 Å². The quantitative estimate of drug-likeness (QED) is 0.867. The molecule has 18 heavy (non-hydrogen) atoms. The van der Waals surface area contributed by atoms with E-state index in [1.165, 1.54) is 0 Å². The maximum atomic E-state index is 11.0. The van der Waals surface area contributed by atoms with Crippen molar-refractivity contribution in [1.82, 2.24) is 0 Å². The Labute approximate surface area is 109 Å². The molecule has 0 aliphatic carbocycles. The van der Waals surface area contributed by atoms with Crippen molar-refractivity contribution in [2.75, 3.05) is 7.11 Å². The van der Waals surface area contributed by atoms with Gasteiger partial charge in [-0.3, -0.25) is 4.79 Å². The van der Waals surface area contributed by atoms with Gasteiger partial charge in [0.25, 0.3) is 0 Å². The fourth-order valence-corrected chi connectivity index (χ4v) is 2.15. The number of carboxylic acid groups (broad SMARTS) is 1. The van der Waals surface area contributed by atoms with E-state index in [-0.39, 0.29) is 17.8 Å². The van der Waals surface area contributed by atoms with E-state index >= 15 is 0 Å². The van der Waals surface area contributed by atoms with Crippen LogP contribution in [0.3, 0.4) is 0 Å². The van der Waals surface area contributed by atoms with E-state index in [9.17, 15) is 4.79 Å². The summed E-state index contributed by atoms with van der Waals surface area (Å²) < 4.78 is 5.19. The number of methoxy groups -OCH3 is 1. The van der Waals surface area contributed by atoms with Gasteiger partial charge in [-0.15, -0.1) is 0 Å². The number of carbonyl (C=O) groups is 1. The lowest BCUT2D eigenvalue weighted by atomic mass is 9.80. The van der Waals surface area contributed by atoms with Crippen LogP contribution >= 0.6 is 0 Å². The van der Waals surface area contributed by atoms with E-state index in [2.05, 4.69) is 20.8 Å². The van der Waals surface area contributed by atoms with Gasteiger partial charge >= 0.3 is 5.97 Å². The third kappa shape index (κ3) is 4.78. The first kappa shape index (κ1) is 14.6. The van der Waals surface area contributed by atoms with Gasteiger partial charge in [-0.05, 0) is 35.4 Å². The minimum Gasteiger partial charge on any atom is -0.497 e. The van der Waals surface area contributed by atoms with Crippen molar-refractivity contribution in [3.63, 3.8) is 0 Å². The molecule has 0 saturated heterocycles. The standard InChI is InChI=1S/C15H22O3/c1-15(2,3)10-12(9-14(16)17)11-6-5-7-13(8-11)18-4/h5-8,12H,9-10H2,1-4H3,(H,16,17). The lowest BCUT2D eigenvalue weighted by Crippen LogP contribution is -2.15. The number of benzene rings is 1. The first-order valence-electron chi connectivity index (χ1n) is 6.17. The molecule has 1 aromatic rings. The summed E-state index contributed by atoms with van der Waals surface area (Å²) in [6.07, 6.45) is 0.997. The third-order valence-corrected chi connectivity index (χ3v) is 2.84. The molecule has 100 valence electrons. The summed E-state index contributed by atoms with van der Waals surface area (Å²) in [5, 5.41) is 9.04. The fourth-order valence-electron chi connectivity index (χ4n) is 2.15. The molecule has 3 heteroatoms. The van der Waals surface area contributed by atoms with Crippen molar-refractivity contribution in [1.29, 1.82) is 0 Å². The zero-order chi connectivity index (χ0) is 13.8. The molecule has 0 spiro atoms. The Hall–Kier alpha value is -1.51. The highest BCUT2D eigenvalue weighted by Crippen LogP contribution is 2.34. The molecule has 0 amide bonds. The monoisotopic (exact) mass is 250 g/mol. The zero-order valence-corrected chi connectivity index (χ0v) is 11.6. The van der Waals surface area contributed by atoms with Crippen LogP contribution in [0.15, 0.2) is 24.3 Å². The van der Waals surface area contributed by atoms with Gasteiger partial charge in [0.05, 0.1) is 13.5 Å². The molecule has 1 N–H and O–H groups in total. The minimum atomic E-state index is -0.757. The Balaban J connectivity index is 2.96. The number of carboxylic acids is 1. The summed E-state index contributed by atoms with van der Waals surface area (Å²) in [7, 11) is 1.62. The molecule has 0 heterocycles. The van der Waals surface area contributed by atoms with E-state index in [1.807, 2.05) is 24.3 Å². The maximum Gasteiger partial charge on any atom is 0.303 e. The zero-order valence-electron chi connectivity index (χ0n) is 11.6. The normalized spacial score (nSPS) is 13.1. The van der Waals surface area contributed by atoms with Crippen molar-refractivity contribution in [2.45, 2.75) is 39.5 Å². The molecule has 0 bridgehead atoms. The molecule has 0 fully saturated rings. The van der Waals surface area contributed by atoms with Crippen molar-refractivity contribution in [2.24, 2.45) is 5.41 Å². The highest BCUT2D eigenvalue weighted by atomic mass is 16.5. The van der Waals surface area contributed by atoms with Gasteiger partial charge in [0.15, 0.2) is 0 Å². The fraction of sp³-hybridized carbons (Fsp3) is 0.533. The number of hydrogen-bond acceptors (Lipinski definition) is 2. The Morgan fingerprint density at radius 3 is 2.56 bits per heavy atom. The number of hydrogen-bond donors (Lipinski definition) is 1. The molecule has 1 rings (SSSR count). The summed E-state index contributed by atoms with van der Waals surface area (Å²) in [5.74, 6) is 0.0430. The van der Waals surface area contributed by atoms with Crippen LogP contribution in [-0.2, 0) is 4.79 Å². The van der Waals surface area contributed by atoms with Crippen LogP contribution in [0.2, 0.25) is 0 Å². The average molecular weight is 250 g/mol. The largest absolute Gasteiger partial charge is 0.497 e. The molecule has 0 radical (unpaired) electrons. The lowest BCUT2D eigenvalue weighted by Gasteiger charge is -2.25. The Kier molecular flexibility index (Phi) is 4.76. The van der Waals surface area contributed by atoms with Crippen LogP contribution in [0.1, 0.15) is 45.1 Å². The van der Waals surface area contributed by atoms with Crippen molar-refractivity contribution in [3.8, 4) is 5.75 Å². The molecule has 1 aromatic carbocycles. The molecule has 0 saturated carbocycles. The summed E-state index contributed by atoms with van der Waals surface area (Å²) in [6.45, 7) is 6.38. The Bertz CT molecular complexity index is 404. The minimum absolute atomic E-state index is 0.0256. The molecule has 0 aromatic heterocycles. The summed E-state index contributed by atoms with van der Waals surface area (Å²) in [4.78, 5) is 11.0. The third-order valence-electron chi connectivity index (χ3n) is 2.84. The predicted octanol–water partition coefficient (Wildman–Crippen LogP) is 3.69. The van der Waals surface area contributed by atoms with Crippen LogP contribution < -0.4 is 4.74 Å². The number of aliphatic carboxylic acids is 1. The van der Waals surface area contributed by atoms with Gasteiger partial charge in [0.1, 0.15) is 5.75 Å². The second-order valence-electron chi connectivity index (χ2n) is 5.84. The van der Waals surface area contributed by atoms with Crippen LogP contribution in [0.25, 0.3) is 0 Å². The van der Waals surface area contributed by atoms with E-state index in [0.717, 1.165) is 17.7 Å². The summed E-state index contributed by atoms with van der Waals surface area (Å²) in [5.41, 5.74) is 1.13. The predicted molar refractivity (Wildman–Crippen MR) is 72.1 cm³/mol. The smallest absolute Gasteiger partial charge is 0.303 e.